The third-order valence-electron chi connectivity index (χ3n) is 3.45. The van der Waals surface area contributed by atoms with Crippen LogP contribution in [-0.4, -0.2) is 4.98 Å². The van der Waals surface area contributed by atoms with Gasteiger partial charge >= 0.3 is 0 Å². The van der Waals surface area contributed by atoms with Gasteiger partial charge in [-0.15, -0.1) is 0 Å². The number of benzene rings is 2. The SMILES string of the molecule is NC(Cc1ccc(Br)cc1F)c1ccc2ccccc2n1. The highest BCUT2D eigenvalue weighted by Gasteiger charge is 2.12. The molecule has 0 amide bonds. The predicted octanol–water partition coefficient (Wildman–Crippen LogP) is 4.38. The molecule has 0 saturated carbocycles. The maximum atomic E-state index is 13.9. The number of rotatable bonds is 3. The fourth-order valence-electron chi connectivity index (χ4n) is 2.32. The Morgan fingerprint density at radius 3 is 2.71 bits per heavy atom. The van der Waals surface area contributed by atoms with E-state index < -0.39 is 0 Å². The Morgan fingerprint density at radius 1 is 1.10 bits per heavy atom. The lowest BCUT2D eigenvalue weighted by molar-refractivity contribution is 0.589. The van der Waals surface area contributed by atoms with E-state index in [1.54, 1.807) is 6.07 Å². The lowest BCUT2D eigenvalue weighted by atomic mass is 10.0. The highest BCUT2D eigenvalue weighted by Crippen LogP contribution is 2.21. The van der Waals surface area contributed by atoms with Crippen LogP contribution in [0.25, 0.3) is 10.9 Å². The molecular formula is C17H14BrFN2. The van der Waals surface area contributed by atoms with Crippen molar-refractivity contribution in [1.29, 1.82) is 0 Å². The molecule has 4 heteroatoms. The summed E-state index contributed by atoms with van der Waals surface area (Å²) < 4.78 is 14.6. The fourth-order valence-corrected chi connectivity index (χ4v) is 2.65. The molecule has 21 heavy (non-hydrogen) atoms. The number of nitrogens with zero attached hydrogens (tertiary/aromatic N) is 1. The molecule has 0 bridgehead atoms. The molecule has 1 heterocycles. The van der Waals surface area contributed by atoms with Gasteiger partial charge in [-0.25, -0.2) is 4.39 Å². The molecule has 1 atom stereocenters. The van der Waals surface area contributed by atoms with E-state index in [1.165, 1.54) is 6.07 Å². The van der Waals surface area contributed by atoms with Crippen molar-refractivity contribution in [3.05, 3.63) is 76.1 Å². The minimum Gasteiger partial charge on any atom is -0.322 e. The summed E-state index contributed by atoms with van der Waals surface area (Å²) in [6.07, 6.45) is 0.421. The highest BCUT2D eigenvalue weighted by atomic mass is 79.9. The number of fused-ring (bicyclic) bond motifs is 1. The molecule has 3 aromatic rings. The summed E-state index contributed by atoms with van der Waals surface area (Å²) in [4.78, 5) is 4.56. The minimum absolute atomic E-state index is 0.249. The highest BCUT2D eigenvalue weighted by molar-refractivity contribution is 9.10. The molecular weight excluding hydrogens is 331 g/mol. The summed E-state index contributed by atoms with van der Waals surface area (Å²) in [6, 6.07) is 16.5. The number of aromatic nitrogens is 1. The van der Waals surface area contributed by atoms with Crippen LogP contribution in [0.4, 0.5) is 4.39 Å². The zero-order valence-corrected chi connectivity index (χ0v) is 12.8. The number of halogens is 2. The topological polar surface area (TPSA) is 38.9 Å². The Labute approximate surface area is 130 Å². The minimum atomic E-state index is -0.328. The zero-order chi connectivity index (χ0) is 14.8. The number of pyridine rings is 1. The van der Waals surface area contributed by atoms with Gasteiger partial charge in [-0.3, -0.25) is 4.98 Å². The molecule has 3 rings (SSSR count). The van der Waals surface area contributed by atoms with E-state index in [-0.39, 0.29) is 11.9 Å². The fraction of sp³-hybridized carbons (Fsp3) is 0.118. The van der Waals surface area contributed by atoms with Crippen molar-refractivity contribution in [3.63, 3.8) is 0 Å². The van der Waals surface area contributed by atoms with E-state index in [1.807, 2.05) is 42.5 Å². The van der Waals surface area contributed by atoms with Crippen LogP contribution in [0, 0.1) is 5.82 Å². The van der Waals surface area contributed by atoms with Crippen LogP contribution in [0.1, 0.15) is 17.3 Å². The van der Waals surface area contributed by atoms with Crippen LogP contribution < -0.4 is 5.73 Å². The van der Waals surface area contributed by atoms with Gasteiger partial charge in [-0.1, -0.05) is 46.3 Å². The van der Waals surface area contributed by atoms with E-state index in [0.29, 0.717) is 12.0 Å². The van der Waals surface area contributed by atoms with Crippen molar-refractivity contribution in [3.8, 4) is 0 Å². The van der Waals surface area contributed by atoms with E-state index in [4.69, 9.17) is 5.73 Å². The summed E-state index contributed by atoms with van der Waals surface area (Å²) in [5.74, 6) is -0.249. The molecule has 2 nitrogen and oxygen atoms in total. The molecule has 1 aromatic heterocycles. The van der Waals surface area contributed by atoms with Gasteiger partial charge < -0.3 is 5.73 Å². The first-order valence-electron chi connectivity index (χ1n) is 6.69. The van der Waals surface area contributed by atoms with Gasteiger partial charge in [0.05, 0.1) is 17.3 Å². The Morgan fingerprint density at radius 2 is 1.90 bits per heavy atom. The van der Waals surface area contributed by atoms with Gasteiger partial charge in [0, 0.05) is 9.86 Å². The van der Waals surface area contributed by atoms with Crippen LogP contribution in [-0.2, 0) is 6.42 Å². The molecule has 0 spiro atoms. The largest absolute Gasteiger partial charge is 0.322 e. The Hall–Kier alpha value is -1.78. The second kappa shape index (κ2) is 5.92. The van der Waals surface area contributed by atoms with Crippen molar-refractivity contribution in [2.45, 2.75) is 12.5 Å². The van der Waals surface area contributed by atoms with Gasteiger partial charge in [-0.2, -0.15) is 0 Å². The van der Waals surface area contributed by atoms with Gasteiger partial charge in [0.1, 0.15) is 5.82 Å². The molecule has 106 valence electrons. The first-order chi connectivity index (χ1) is 10.1. The van der Waals surface area contributed by atoms with E-state index >= 15 is 0 Å². The molecule has 0 fully saturated rings. The zero-order valence-electron chi connectivity index (χ0n) is 11.3. The quantitative estimate of drug-likeness (QED) is 0.765. The summed E-state index contributed by atoms with van der Waals surface area (Å²) in [7, 11) is 0. The summed E-state index contributed by atoms with van der Waals surface area (Å²) in [5, 5.41) is 1.07. The van der Waals surface area contributed by atoms with Gasteiger partial charge in [-0.05, 0) is 36.2 Å². The summed E-state index contributed by atoms with van der Waals surface area (Å²) >= 11 is 3.25. The normalized spacial score (nSPS) is 12.5. The number of hydrogen-bond acceptors (Lipinski definition) is 2. The maximum absolute atomic E-state index is 13.9. The van der Waals surface area contributed by atoms with Crippen molar-refractivity contribution in [2.75, 3.05) is 0 Å². The van der Waals surface area contributed by atoms with E-state index in [9.17, 15) is 4.39 Å². The maximum Gasteiger partial charge on any atom is 0.127 e. The van der Waals surface area contributed by atoms with Crippen LogP contribution in [0.2, 0.25) is 0 Å². The number of nitrogens with two attached hydrogens (primary N) is 1. The third-order valence-corrected chi connectivity index (χ3v) is 3.95. The summed E-state index contributed by atoms with van der Waals surface area (Å²) in [6.45, 7) is 0. The van der Waals surface area contributed by atoms with Gasteiger partial charge in [0.15, 0.2) is 0 Å². The van der Waals surface area contributed by atoms with Crippen molar-refractivity contribution >= 4 is 26.8 Å². The Bertz CT molecular complexity index is 789. The number of para-hydroxylation sites is 1. The second-order valence-corrected chi connectivity index (χ2v) is 5.89. The molecule has 0 radical (unpaired) electrons. The van der Waals surface area contributed by atoms with Gasteiger partial charge in [0.25, 0.3) is 0 Å². The van der Waals surface area contributed by atoms with Crippen LogP contribution >= 0.6 is 15.9 Å². The van der Waals surface area contributed by atoms with Gasteiger partial charge in [0.2, 0.25) is 0 Å². The first-order valence-corrected chi connectivity index (χ1v) is 7.48. The average Bonchev–Trinajstić information content (AvgIpc) is 2.49. The molecule has 0 aliphatic heterocycles. The van der Waals surface area contributed by atoms with E-state index in [2.05, 4.69) is 20.9 Å². The van der Waals surface area contributed by atoms with Crippen molar-refractivity contribution in [2.24, 2.45) is 5.73 Å². The van der Waals surface area contributed by atoms with Crippen molar-refractivity contribution < 1.29 is 4.39 Å². The predicted molar refractivity (Wildman–Crippen MR) is 86.5 cm³/mol. The number of hydrogen-bond donors (Lipinski definition) is 1. The average molecular weight is 345 g/mol. The smallest absolute Gasteiger partial charge is 0.127 e. The van der Waals surface area contributed by atoms with Crippen LogP contribution in [0.3, 0.4) is 0 Å². The third kappa shape index (κ3) is 3.12. The van der Waals surface area contributed by atoms with Crippen LogP contribution in [0.5, 0.6) is 0 Å². The molecule has 0 aliphatic rings. The Kier molecular flexibility index (Phi) is 3.99. The van der Waals surface area contributed by atoms with Crippen LogP contribution in [0.15, 0.2) is 59.1 Å². The lowest BCUT2D eigenvalue weighted by Crippen LogP contribution is -2.15. The first kappa shape index (κ1) is 14.2. The standard InChI is InChI=1S/C17H14BrFN2/c18-13-7-5-12(14(19)10-13)9-15(20)17-8-6-11-3-1-2-4-16(11)21-17/h1-8,10,15H,9,20H2. The summed E-state index contributed by atoms with van der Waals surface area (Å²) in [5.41, 5.74) is 8.46. The Balaban J connectivity index is 1.87. The monoisotopic (exact) mass is 344 g/mol. The molecule has 0 saturated heterocycles. The molecule has 1 unspecified atom stereocenters. The molecule has 2 N–H and O–H groups in total. The van der Waals surface area contributed by atoms with Crippen molar-refractivity contribution in [1.82, 2.24) is 4.98 Å². The molecule has 0 aliphatic carbocycles. The lowest BCUT2D eigenvalue weighted by Gasteiger charge is -2.13. The molecule has 2 aromatic carbocycles. The van der Waals surface area contributed by atoms with E-state index in [0.717, 1.165) is 21.1 Å². The second-order valence-electron chi connectivity index (χ2n) is 4.98.